The van der Waals surface area contributed by atoms with Gasteiger partial charge in [-0.3, -0.25) is 4.79 Å². The quantitative estimate of drug-likeness (QED) is 0.705. The summed E-state index contributed by atoms with van der Waals surface area (Å²) in [4.78, 5) is 17.6. The lowest BCUT2D eigenvalue weighted by molar-refractivity contribution is 0.0947. The first-order valence-electron chi connectivity index (χ1n) is 5.24. The topological polar surface area (TPSA) is 71.2 Å². The van der Waals surface area contributed by atoms with E-state index in [9.17, 15) is 4.79 Å². The van der Waals surface area contributed by atoms with E-state index >= 15 is 0 Å². The number of nitrogen functional groups attached to an aromatic ring is 1. The van der Waals surface area contributed by atoms with Gasteiger partial charge in [0.05, 0.1) is 11.9 Å². The molecule has 0 aromatic carbocycles. The Morgan fingerprint density at radius 1 is 1.50 bits per heavy atom. The van der Waals surface area contributed by atoms with Gasteiger partial charge in [0.2, 0.25) is 0 Å². The van der Waals surface area contributed by atoms with Gasteiger partial charge in [-0.05, 0) is 39.2 Å². The van der Waals surface area contributed by atoms with Crippen molar-refractivity contribution in [3.63, 3.8) is 0 Å². The Morgan fingerprint density at radius 3 is 2.81 bits per heavy atom. The first-order chi connectivity index (χ1) is 7.59. The summed E-state index contributed by atoms with van der Waals surface area (Å²) < 4.78 is 0. The minimum absolute atomic E-state index is 0.154. The molecule has 0 saturated carbocycles. The maximum absolute atomic E-state index is 11.6. The zero-order valence-corrected chi connectivity index (χ0v) is 9.73. The number of aromatic nitrogens is 1. The number of rotatable bonds is 5. The Kier molecular flexibility index (Phi) is 4.72. The summed E-state index contributed by atoms with van der Waals surface area (Å²) in [5.41, 5.74) is 6.44. The van der Waals surface area contributed by atoms with E-state index in [2.05, 4.69) is 15.2 Å². The van der Waals surface area contributed by atoms with Crippen LogP contribution in [0.1, 0.15) is 16.9 Å². The molecule has 5 heteroatoms. The largest absolute Gasteiger partial charge is 0.397 e. The molecule has 0 atom stereocenters. The van der Waals surface area contributed by atoms with Crippen molar-refractivity contribution in [2.45, 2.75) is 6.42 Å². The predicted octanol–water partition coefficient (Wildman–Crippen LogP) is 0.345. The first-order valence-corrected chi connectivity index (χ1v) is 5.24. The van der Waals surface area contributed by atoms with Crippen LogP contribution in [0.3, 0.4) is 0 Å². The number of pyridine rings is 1. The lowest BCUT2D eigenvalue weighted by Crippen LogP contribution is -2.27. The molecule has 0 spiro atoms. The van der Waals surface area contributed by atoms with E-state index in [1.54, 1.807) is 12.1 Å². The Bertz CT molecular complexity index is 334. The molecular weight excluding hydrogens is 204 g/mol. The van der Waals surface area contributed by atoms with Crippen LogP contribution in [0.5, 0.6) is 0 Å². The van der Waals surface area contributed by atoms with Gasteiger partial charge in [-0.15, -0.1) is 0 Å². The lowest BCUT2D eigenvalue weighted by atomic mass is 10.3. The van der Waals surface area contributed by atoms with Crippen molar-refractivity contribution in [1.82, 2.24) is 15.2 Å². The summed E-state index contributed by atoms with van der Waals surface area (Å²) in [5, 5.41) is 2.80. The van der Waals surface area contributed by atoms with E-state index in [1.165, 1.54) is 6.20 Å². The van der Waals surface area contributed by atoms with Gasteiger partial charge in [-0.25, -0.2) is 4.98 Å². The van der Waals surface area contributed by atoms with Gasteiger partial charge in [0.1, 0.15) is 5.69 Å². The zero-order chi connectivity index (χ0) is 12.0. The van der Waals surface area contributed by atoms with Gasteiger partial charge in [0.15, 0.2) is 0 Å². The third-order valence-electron chi connectivity index (χ3n) is 2.09. The van der Waals surface area contributed by atoms with Crippen LogP contribution < -0.4 is 11.1 Å². The first kappa shape index (κ1) is 12.4. The van der Waals surface area contributed by atoms with Gasteiger partial charge >= 0.3 is 0 Å². The molecule has 1 aromatic rings. The number of carbonyl (C=O) groups excluding carboxylic acids is 1. The van der Waals surface area contributed by atoms with Crippen molar-refractivity contribution in [1.29, 1.82) is 0 Å². The molecule has 0 saturated heterocycles. The summed E-state index contributed by atoms with van der Waals surface area (Å²) in [7, 11) is 4.01. The second kappa shape index (κ2) is 6.07. The summed E-state index contributed by atoms with van der Waals surface area (Å²) in [6, 6.07) is 3.29. The Balaban J connectivity index is 2.32. The monoisotopic (exact) mass is 222 g/mol. The van der Waals surface area contributed by atoms with Crippen molar-refractivity contribution in [3.8, 4) is 0 Å². The summed E-state index contributed by atoms with van der Waals surface area (Å²) in [6.45, 7) is 1.61. The highest BCUT2D eigenvalue weighted by Crippen LogP contribution is 2.00. The van der Waals surface area contributed by atoms with Crippen LogP contribution >= 0.6 is 0 Å². The zero-order valence-electron chi connectivity index (χ0n) is 9.73. The molecule has 0 aliphatic heterocycles. The molecular formula is C11H18N4O. The summed E-state index contributed by atoms with van der Waals surface area (Å²) in [5.74, 6) is -0.154. The van der Waals surface area contributed by atoms with Crippen molar-refractivity contribution in [2.75, 3.05) is 32.9 Å². The number of amides is 1. The summed E-state index contributed by atoms with van der Waals surface area (Å²) >= 11 is 0. The Morgan fingerprint density at radius 2 is 2.25 bits per heavy atom. The number of hydrogen-bond acceptors (Lipinski definition) is 4. The van der Waals surface area contributed by atoms with Gasteiger partial charge in [-0.2, -0.15) is 0 Å². The van der Waals surface area contributed by atoms with E-state index in [4.69, 9.17) is 5.73 Å². The molecule has 16 heavy (non-hydrogen) atoms. The molecule has 0 fully saturated rings. The SMILES string of the molecule is CN(C)CCCNC(=O)c1ccc(N)cn1. The molecule has 5 nitrogen and oxygen atoms in total. The van der Waals surface area contributed by atoms with E-state index in [-0.39, 0.29) is 5.91 Å². The van der Waals surface area contributed by atoms with E-state index in [1.807, 2.05) is 14.1 Å². The van der Waals surface area contributed by atoms with E-state index < -0.39 is 0 Å². The van der Waals surface area contributed by atoms with Crippen LogP contribution in [-0.2, 0) is 0 Å². The molecule has 0 bridgehead atoms. The lowest BCUT2D eigenvalue weighted by Gasteiger charge is -2.09. The van der Waals surface area contributed by atoms with Gasteiger partial charge < -0.3 is 16.0 Å². The Labute approximate surface area is 95.7 Å². The number of carbonyl (C=O) groups is 1. The van der Waals surface area contributed by atoms with E-state index in [0.29, 0.717) is 17.9 Å². The van der Waals surface area contributed by atoms with Crippen LogP contribution in [0.2, 0.25) is 0 Å². The molecule has 1 amide bonds. The van der Waals surface area contributed by atoms with Crippen LogP contribution in [0, 0.1) is 0 Å². The highest BCUT2D eigenvalue weighted by Gasteiger charge is 2.05. The van der Waals surface area contributed by atoms with Gasteiger partial charge in [0.25, 0.3) is 5.91 Å². The molecule has 1 heterocycles. The summed E-state index contributed by atoms with van der Waals surface area (Å²) in [6.07, 6.45) is 2.41. The van der Waals surface area contributed by atoms with Gasteiger partial charge in [-0.1, -0.05) is 0 Å². The molecule has 1 aromatic heterocycles. The van der Waals surface area contributed by atoms with Crippen LogP contribution in [0.15, 0.2) is 18.3 Å². The van der Waals surface area contributed by atoms with Crippen molar-refractivity contribution >= 4 is 11.6 Å². The maximum Gasteiger partial charge on any atom is 0.269 e. The molecule has 88 valence electrons. The molecule has 0 unspecified atom stereocenters. The van der Waals surface area contributed by atoms with Crippen LogP contribution in [0.4, 0.5) is 5.69 Å². The minimum atomic E-state index is -0.154. The fourth-order valence-electron chi connectivity index (χ4n) is 1.23. The number of nitrogens with two attached hydrogens (primary N) is 1. The number of hydrogen-bond donors (Lipinski definition) is 2. The van der Waals surface area contributed by atoms with Crippen molar-refractivity contribution in [2.24, 2.45) is 0 Å². The minimum Gasteiger partial charge on any atom is -0.397 e. The third-order valence-corrected chi connectivity index (χ3v) is 2.09. The standard InChI is InChI=1S/C11H18N4O/c1-15(2)7-3-6-13-11(16)10-5-4-9(12)8-14-10/h4-5,8H,3,6-7,12H2,1-2H3,(H,13,16). The Hall–Kier alpha value is -1.62. The number of anilines is 1. The second-order valence-corrected chi connectivity index (χ2v) is 3.89. The highest BCUT2D eigenvalue weighted by atomic mass is 16.1. The van der Waals surface area contributed by atoms with Crippen LogP contribution in [0.25, 0.3) is 0 Å². The molecule has 0 aliphatic carbocycles. The molecule has 0 radical (unpaired) electrons. The molecule has 1 rings (SSSR count). The normalized spacial score (nSPS) is 10.4. The van der Waals surface area contributed by atoms with Crippen molar-refractivity contribution in [3.05, 3.63) is 24.0 Å². The smallest absolute Gasteiger partial charge is 0.269 e. The average molecular weight is 222 g/mol. The number of nitrogens with one attached hydrogen (secondary N) is 1. The third kappa shape index (κ3) is 4.27. The fraction of sp³-hybridized carbons (Fsp3) is 0.455. The molecule has 0 aliphatic rings. The van der Waals surface area contributed by atoms with Crippen LogP contribution in [-0.4, -0.2) is 43.0 Å². The van der Waals surface area contributed by atoms with E-state index in [0.717, 1.165) is 13.0 Å². The van der Waals surface area contributed by atoms with Crippen molar-refractivity contribution < 1.29 is 4.79 Å². The highest BCUT2D eigenvalue weighted by molar-refractivity contribution is 5.92. The fourth-order valence-corrected chi connectivity index (χ4v) is 1.23. The molecule has 3 N–H and O–H groups in total. The maximum atomic E-state index is 11.6. The number of nitrogens with zero attached hydrogens (tertiary/aromatic N) is 2. The van der Waals surface area contributed by atoms with Gasteiger partial charge in [0, 0.05) is 6.54 Å². The average Bonchev–Trinajstić information content (AvgIpc) is 2.25. The second-order valence-electron chi connectivity index (χ2n) is 3.89. The predicted molar refractivity (Wildman–Crippen MR) is 64.2 cm³/mol.